The number of urea groups is 1. The standard InChI is InChI=1S/C32H45N3O5/c1-22-15-23(2)17-25(16-22)31(36)33-10-7-9-27-18-24(3)30-26(19-28(39-5)20-29(30)40-6)21-35(27)32(37)34(12-8-11-33)13-14-38-4/h15-19,24,29H,7-14,20-21H2,1-6H3. The molecule has 0 saturated carbocycles. The number of nitrogens with zero attached hydrogens (tertiary/aromatic N) is 3. The van der Waals surface area contributed by atoms with Crippen molar-refractivity contribution in [3.63, 3.8) is 0 Å². The second-order valence-corrected chi connectivity index (χ2v) is 11.1. The largest absolute Gasteiger partial charge is 0.501 e. The van der Waals surface area contributed by atoms with Crippen LogP contribution in [-0.2, 0) is 14.2 Å². The van der Waals surface area contributed by atoms with Gasteiger partial charge >= 0.3 is 6.03 Å². The Kier molecular flexibility index (Phi) is 10.1. The van der Waals surface area contributed by atoms with E-state index in [-0.39, 0.29) is 24.0 Å². The van der Waals surface area contributed by atoms with E-state index in [9.17, 15) is 9.59 Å². The number of benzene rings is 1. The number of ether oxygens (including phenoxy) is 3. The first kappa shape index (κ1) is 29.9. The van der Waals surface area contributed by atoms with Gasteiger partial charge in [0.2, 0.25) is 0 Å². The Labute approximate surface area is 239 Å². The van der Waals surface area contributed by atoms with Crippen LogP contribution in [0.25, 0.3) is 0 Å². The molecule has 1 aromatic carbocycles. The number of methoxy groups -OCH3 is 3. The molecule has 4 rings (SSSR count). The topological polar surface area (TPSA) is 71.6 Å². The molecule has 2 unspecified atom stereocenters. The minimum Gasteiger partial charge on any atom is -0.501 e. The Morgan fingerprint density at radius 3 is 2.42 bits per heavy atom. The van der Waals surface area contributed by atoms with Crippen LogP contribution in [0.5, 0.6) is 0 Å². The van der Waals surface area contributed by atoms with Crippen molar-refractivity contribution in [2.24, 2.45) is 5.92 Å². The molecule has 0 spiro atoms. The number of allylic oxidation sites excluding steroid dienone is 2. The summed E-state index contributed by atoms with van der Waals surface area (Å²) in [6, 6.07) is 6.00. The molecule has 2 atom stereocenters. The third-order valence-electron chi connectivity index (χ3n) is 8.13. The molecule has 0 N–H and O–H groups in total. The molecule has 0 bridgehead atoms. The summed E-state index contributed by atoms with van der Waals surface area (Å²) < 4.78 is 16.9. The highest BCUT2D eigenvalue weighted by molar-refractivity contribution is 5.94. The van der Waals surface area contributed by atoms with Gasteiger partial charge in [0, 0.05) is 64.0 Å². The summed E-state index contributed by atoms with van der Waals surface area (Å²) in [6.07, 6.45) is 7.07. The smallest absolute Gasteiger partial charge is 0.324 e. The fourth-order valence-electron chi connectivity index (χ4n) is 6.23. The molecule has 0 aromatic heterocycles. The molecule has 8 heteroatoms. The van der Waals surface area contributed by atoms with Gasteiger partial charge in [0.25, 0.3) is 5.91 Å². The normalized spacial score (nSPS) is 22.6. The Hall–Kier alpha value is -3.10. The lowest BCUT2D eigenvalue weighted by Crippen LogP contribution is -2.45. The van der Waals surface area contributed by atoms with Gasteiger partial charge in [-0.1, -0.05) is 30.2 Å². The molecule has 3 aliphatic rings. The molecular weight excluding hydrogens is 506 g/mol. The van der Waals surface area contributed by atoms with Crippen LogP contribution in [0.4, 0.5) is 4.79 Å². The monoisotopic (exact) mass is 551 g/mol. The van der Waals surface area contributed by atoms with Gasteiger partial charge < -0.3 is 24.0 Å². The number of fused-ring (bicyclic) bond motifs is 1. The van der Waals surface area contributed by atoms with E-state index >= 15 is 0 Å². The number of rotatable bonds is 6. The Balaban J connectivity index is 1.66. The van der Waals surface area contributed by atoms with E-state index in [1.165, 1.54) is 5.57 Å². The summed E-state index contributed by atoms with van der Waals surface area (Å²) in [4.78, 5) is 33.5. The molecular formula is C32H45N3O5. The van der Waals surface area contributed by atoms with Crippen LogP contribution in [-0.4, -0.2) is 93.4 Å². The summed E-state index contributed by atoms with van der Waals surface area (Å²) in [7, 11) is 5.07. The fraction of sp³-hybridized carbons (Fsp3) is 0.562. The molecule has 40 heavy (non-hydrogen) atoms. The van der Waals surface area contributed by atoms with Gasteiger partial charge in [-0.25, -0.2) is 4.79 Å². The van der Waals surface area contributed by atoms with Crippen molar-refractivity contribution in [2.75, 3.05) is 60.7 Å². The average Bonchev–Trinajstić information content (AvgIpc) is 3.08. The van der Waals surface area contributed by atoms with E-state index in [2.05, 4.69) is 25.1 Å². The van der Waals surface area contributed by atoms with E-state index in [4.69, 9.17) is 14.2 Å². The molecule has 2 aliphatic heterocycles. The van der Waals surface area contributed by atoms with Crippen LogP contribution in [0.1, 0.15) is 54.1 Å². The third-order valence-corrected chi connectivity index (χ3v) is 8.13. The average molecular weight is 552 g/mol. The SMILES string of the molecule is COCCN1CCCN(C(=O)c2cc(C)cc(C)c2)CCCC2=CC(C)C3=C(C=C(OC)CC3OC)CN2C1=O. The van der Waals surface area contributed by atoms with E-state index < -0.39 is 0 Å². The van der Waals surface area contributed by atoms with Gasteiger partial charge in [-0.2, -0.15) is 0 Å². The number of carbonyl (C=O) groups is 2. The lowest BCUT2D eigenvalue weighted by molar-refractivity contribution is 0.0746. The van der Waals surface area contributed by atoms with Crippen molar-refractivity contribution in [2.45, 2.75) is 52.6 Å². The maximum absolute atomic E-state index is 14.1. The van der Waals surface area contributed by atoms with Gasteiger partial charge in [-0.05, 0) is 62.5 Å². The number of aryl methyl sites for hydroxylation is 2. The van der Waals surface area contributed by atoms with Gasteiger partial charge in [-0.3, -0.25) is 9.69 Å². The predicted octanol–water partition coefficient (Wildman–Crippen LogP) is 5.08. The van der Waals surface area contributed by atoms with Gasteiger partial charge in [0.05, 0.1) is 32.1 Å². The fourth-order valence-corrected chi connectivity index (χ4v) is 6.23. The van der Waals surface area contributed by atoms with E-state index in [0.29, 0.717) is 58.6 Å². The zero-order valence-corrected chi connectivity index (χ0v) is 25.0. The molecule has 1 fully saturated rings. The van der Waals surface area contributed by atoms with Crippen LogP contribution < -0.4 is 0 Å². The Morgan fingerprint density at radius 1 is 1.02 bits per heavy atom. The minimum absolute atomic E-state index is 0.0229. The zero-order chi connectivity index (χ0) is 28.8. The molecule has 2 heterocycles. The summed E-state index contributed by atoms with van der Waals surface area (Å²) >= 11 is 0. The van der Waals surface area contributed by atoms with Crippen LogP contribution in [0.2, 0.25) is 0 Å². The Bertz CT molecular complexity index is 1170. The molecule has 1 aliphatic carbocycles. The predicted molar refractivity (Wildman–Crippen MR) is 156 cm³/mol. The highest BCUT2D eigenvalue weighted by Crippen LogP contribution is 2.37. The summed E-state index contributed by atoms with van der Waals surface area (Å²) in [6.45, 7) is 9.42. The number of hydrogen-bond donors (Lipinski definition) is 0. The van der Waals surface area contributed by atoms with Crippen molar-refractivity contribution >= 4 is 11.9 Å². The van der Waals surface area contributed by atoms with Crippen LogP contribution in [0, 0.1) is 19.8 Å². The van der Waals surface area contributed by atoms with Crippen LogP contribution in [0.3, 0.4) is 0 Å². The van der Waals surface area contributed by atoms with Crippen molar-refractivity contribution < 1.29 is 23.8 Å². The van der Waals surface area contributed by atoms with Crippen molar-refractivity contribution in [3.05, 3.63) is 69.6 Å². The van der Waals surface area contributed by atoms with Gasteiger partial charge in [0.1, 0.15) is 0 Å². The number of hydrogen-bond acceptors (Lipinski definition) is 5. The molecule has 1 aromatic rings. The van der Waals surface area contributed by atoms with Gasteiger partial charge in [0.15, 0.2) is 0 Å². The molecule has 8 nitrogen and oxygen atoms in total. The second kappa shape index (κ2) is 13.5. The summed E-state index contributed by atoms with van der Waals surface area (Å²) in [5.74, 6) is 1.02. The first-order valence-corrected chi connectivity index (χ1v) is 14.4. The number of carbonyl (C=O) groups excluding carboxylic acids is 2. The molecule has 0 radical (unpaired) electrons. The van der Waals surface area contributed by atoms with Crippen molar-refractivity contribution in [1.29, 1.82) is 0 Å². The first-order chi connectivity index (χ1) is 19.2. The lowest BCUT2D eigenvalue weighted by Gasteiger charge is -2.33. The first-order valence-electron chi connectivity index (χ1n) is 14.4. The van der Waals surface area contributed by atoms with Crippen LogP contribution in [0.15, 0.2) is 53.0 Å². The quantitative estimate of drug-likeness (QED) is 0.493. The second-order valence-electron chi connectivity index (χ2n) is 11.1. The Morgan fingerprint density at radius 2 is 1.75 bits per heavy atom. The van der Waals surface area contributed by atoms with Crippen molar-refractivity contribution in [3.8, 4) is 0 Å². The molecule has 1 saturated heterocycles. The third kappa shape index (κ3) is 6.78. The van der Waals surface area contributed by atoms with Crippen molar-refractivity contribution in [1.82, 2.24) is 14.7 Å². The zero-order valence-electron chi connectivity index (χ0n) is 25.0. The maximum atomic E-state index is 14.1. The lowest BCUT2D eigenvalue weighted by atomic mass is 9.85. The highest BCUT2D eigenvalue weighted by atomic mass is 16.5. The summed E-state index contributed by atoms with van der Waals surface area (Å²) in [5.41, 5.74) is 6.18. The molecule has 218 valence electrons. The minimum atomic E-state index is -0.0909. The van der Waals surface area contributed by atoms with E-state index in [1.807, 2.05) is 40.7 Å². The summed E-state index contributed by atoms with van der Waals surface area (Å²) in [5, 5.41) is 0. The van der Waals surface area contributed by atoms with E-state index in [1.54, 1.807) is 21.3 Å². The van der Waals surface area contributed by atoms with Gasteiger partial charge in [-0.15, -0.1) is 0 Å². The molecule has 3 amide bonds. The highest BCUT2D eigenvalue weighted by Gasteiger charge is 2.34. The van der Waals surface area contributed by atoms with Crippen LogP contribution >= 0.6 is 0 Å². The number of amides is 3. The maximum Gasteiger partial charge on any atom is 0.324 e. The van der Waals surface area contributed by atoms with E-state index in [0.717, 1.165) is 40.1 Å².